The number of halogens is 5. The van der Waals surface area contributed by atoms with Crippen LogP contribution in [0.25, 0.3) is 22.6 Å². The van der Waals surface area contributed by atoms with Crippen LogP contribution in [0.4, 0.5) is 22.0 Å². The number of hydrogen-bond donors (Lipinski definition) is 0. The predicted molar refractivity (Wildman–Crippen MR) is 147 cm³/mol. The SMILES string of the molecule is COC(=O)C(C)(C)COc1cc(C)c(-c2ccc(-c3nc(OCC(F)(F)C(F)(F)F)n(COCC[Si](C)C)n3)nc2)cn1. The van der Waals surface area contributed by atoms with Crippen LogP contribution >= 0.6 is 0 Å². The second kappa shape index (κ2) is 13.8. The molecule has 0 N–H and O–H groups in total. The van der Waals surface area contributed by atoms with E-state index in [9.17, 15) is 26.7 Å². The van der Waals surface area contributed by atoms with Crippen molar-refractivity contribution in [1.29, 1.82) is 0 Å². The van der Waals surface area contributed by atoms with Gasteiger partial charge in [-0.1, -0.05) is 19.2 Å². The molecule has 0 fully saturated rings. The normalized spacial score (nSPS) is 12.5. The van der Waals surface area contributed by atoms with E-state index in [0.717, 1.165) is 21.9 Å². The van der Waals surface area contributed by atoms with Gasteiger partial charge >= 0.3 is 24.1 Å². The minimum Gasteiger partial charge on any atom is -0.476 e. The van der Waals surface area contributed by atoms with Crippen molar-refractivity contribution in [3.63, 3.8) is 0 Å². The third-order valence-electron chi connectivity index (χ3n) is 6.10. The van der Waals surface area contributed by atoms with Crippen LogP contribution < -0.4 is 9.47 Å². The molecule has 0 amide bonds. The Morgan fingerprint density at radius 3 is 2.33 bits per heavy atom. The number of nitrogens with zero attached hydrogens (tertiary/aromatic N) is 5. The number of aromatic nitrogens is 5. The highest BCUT2D eigenvalue weighted by Gasteiger charge is 2.58. The molecule has 3 aromatic rings. The van der Waals surface area contributed by atoms with Gasteiger partial charge in [-0.3, -0.25) is 9.78 Å². The van der Waals surface area contributed by atoms with Crippen LogP contribution in [-0.2, 0) is 21.0 Å². The number of carbonyl (C=O) groups excluding carboxylic acids is 1. The first-order valence-electron chi connectivity index (χ1n) is 13.1. The number of alkyl halides is 5. The van der Waals surface area contributed by atoms with Crippen molar-refractivity contribution in [2.75, 3.05) is 26.9 Å². The Labute approximate surface area is 247 Å². The van der Waals surface area contributed by atoms with Crippen molar-refractivity contribution in [3.05, 3.63) is 36.2 Å². The van der Waals surface area contributed by atoms with Crippen LogP contribution in [0.2, 0.25) is 19.1 Å². The average molecular weight is 631 g/mol. The Morgan fingerprint density at radius 1 is 1.02 bits per heavy atom. The predicted octanol–water partition coefficient (Wildman–Crippen LogP) is 5.59. The lowest BCUT2D eigenvalue weighted by atomic mass is 9.95. The second-order valence-corrected chi connectivity index (χ2v) is 13.6. The van der Waals surface area contributed by atoms with Gasteiger partial charge in [0, 0.05) is 45.0 Å². The molecule has 0 atom stereocenters. The molecular weight excluding hydrogens is 597 g/mol. The van der Waals surface area contributed by atoms with E-state index in [-0.39, 0.29) is 24.9 Å². The molecule has 3 rings (SSSR count). The molecule has 1 radical (unpaired) electrons. The van der Waals surface area contributed by atoms with E-state index in [1.807, 2.05) is 6.92 Å². The Hall–Kier alpha value is -3.66. The lowest BCUT2D eigenvalue weighted by Gasteiger charge is -2.21. The van der Waals surface area contributed by atoms with Gasteiger partial charge in [-0.2, -0.15) is 31.6 Å². The molecule has 0 unspecified atom stereocenters. The molecule has 3 aromatic heterocycles. The Morgan fingerprint density at radius 2 is 1.74 bits per heavy atom. The molecule has 0 aliphatic carbocycles. The highest BCUT2D eigenvalue weighted by atomic mass is 28.3. The van der Waals surface area contributed by atoms with Crippen molar-refractivity contribution in [1.82, 2.24) is 24.7 Å². The van der Waals surface area contributed by atoms with Crippen LogP contribution in [0.1, 0.15) is 19.4 Å². The van der Waals surface area contributed by atoms with E-state index in [0.29, 0.717) is 18.1 Å². The summed E-state index contributed by atoms with van der Waals surface area (Å²) in [7, 11) is 0.714. The van der Waals surface area contributed by atoms with Gasteiger partial charge in [-0.15, -0.1) is 5.10 Å². The molecule has 235 valence electrons. The highest BCUT2D eigenvalue weighted by molar-refractivity contribution is 6.55. The smallest absolute Gasteiger partial charge is 0.456 e. The van der Waals surface area contributed by atoms with Crippen molar-refractivity contribution < 1.29 is 45.7 Å². The van der Waals surface area contributed by atoms with E-state index < -0.39 is 44.9 Å². The number of esters is 1. The first-order chi connectivity index (χ1) is 20.0. The van der Waals surface area contributed by atoms with Crippen LogP contribution in [0.3, 0.4) is 0 Å². The number of aryl methyl sites for hydroxylation is 1. The molecule has 0 saturated heterocycles. The minimum atomic E-state index is -5.79. The van der Waals surface area contributed by atoms with E-state index in [2.05, 4.69) is 33.1 Å². The van der Waals surface area contributed by atoms with Gasteiger partial charge in [0.1, 0.15) is 19.0 Å². The van der Waals surface area contributed by atoms with Crippen LogP contribution in [-0.4, -0.2) is 78.5 Å². The number of hydrogen-bond acceptors (Lipinski definition) is 9. The molecule has 0 aliphatic heterocycles. The summed E-state index contributed by atoms with van der Waals surface area (Å²) < 4.78 is 86.7. The highest BCUT2D eigenvalue weighted by Crippen LogP contribution is 2.36. The number of methoxy groups -OCH3 is 1. The largest absolute Gasteiger partial charge is 0.476 e. The fraction of sp³-hybridized carbons (Fsp3) is 0.519. The zero-order valence-corrected chi connectivity index (χ0v) is 25.6. The summed E-state index contributed by atoms with van der Waals surface area (Å²) in [4.78, 5) is 24.5. The molecule has 0 bridgehead atoms. The van der Waals surface area contributed by atoms with Gasteiger partial charge in [-0.25, -0.2) is 4.98 Å². The lowest BCUT2D eigenvalue weighted by molar-refractivity contribution is -0.290. The summed E-state index contributed by atoms with van der Waals surface area (Å²) in [6, 6.07) is 5.21. The van der Waals surface area contributed by atoms with Crippen LogP contribution in [0.5, 0.6) is 11.9 Å². The summed E-state index contributed by atoms with van der Waals surface area (Å²) in [6.45, 7) is 7.57. The average Bonchev–Trinajstić information content (AvgIpc) is 3.35. The summed E-state index contributed by atoms with van der Waals surface area (Å²) >= 11 is 0. The molecule has 10 nitrogen and oxygen atoms in total. The van der Waals surface area contributed by atoms with Crippen molar-refractivity contribution in [2.24, 2.45) is 5.41 Å². The van der Waals surface area contributed by atoms with Gasteiger partial charge in [0.15, 0.2) is 6.61 Å². The summed E-state index contributed by atoms with van der Waals surface area (Å²) in [5.74, 6) is -5.23. The third-order valence-corrected chi connectivity index (χ3v) is 7.31. The first-order valence-corrected chi connectivity index (χ1v) is 15.8. The fourth-order valence-electron chi connectivity index (χ4n) is 3.48. The summed E-state index contributed by atoms with van der Waals surface area (Å²) in [5.41, 5.74) is 1.57. The Bertz CT molecular complexity index is 1380. The van der Waals surface area contributed by atoms with Gasteiger partial charge in [0.05, 0.1) is 12.5 Å². The maximum atomic E-state index is 13.5. The van der Waals surface area contributed by atoms with E-state index >= 15 is 0 Å². The van der Waals surface area contributed by atoms with E-state index in [4.69, 9.17) is 18.9 Å². The van der Waals surface area contributed by atoms with E-state index in [1.54, 1.807) is 38.2 Å². The molecule has 16 heteroatoms. The Kier molecular flexibility index (Phi) is 10.8. The minimum absolute atomic E-state index is 0.0528. The fourth-order valence-corrected chi connectivity index (χ4v) is 4.03. The van der Waals surface area contributed by atoms with Crippen molar-refractivity contribution in [3.8, 4) is 34.5 Å². The molecule has 0 spiro atoms. The standard InChI is InChI=1S/C27H33F5N5O5Si/c1-17-11-21(41-14-25(2,3)23(38)39-4)34-13-19(17)18-7-8-20(33-12-18)22-35-24(42-15-26(28,29)27(30,31)32)37(36-22)16-40-9-10-43(5)6/h7-8,11-13H,9-10,14-16H2,1-6H3. The van der Waals surface area contributed by atoms with E-state index in [1.165, 1.54) is 13.3 Å². The van der Waals surface area contributed by atoms with Gasteiger partial charge in [-0.05, 0) is 38.4 Å². The monoisotopic (exact) mass is 630 g/mol. The van der Waals surface area contributed by atoms with Gasteiger partial charge in [0.25, 0.3) is 0 Å². The van der Waals surface area contributed by atoms with Crippen molar-refractivity contribution >= 4 is 14.8 Å². The zero-order valence-electron chi connectivity index (χ0n) is 24.6. The van der Waals surface area contributed by atoms with Crippen LogP contribution in [0, 0.1) is 12.3 Å². The third kappa shape index (κ3) is 8.92. The lowest BCUT2D eigenvalue weighted by Crippen LogP contribution is -2.42. The number of ether oxygens (including phenoxy) is 4. The maximum absolute atomic E-state index is 13.5. The summed E-state index contributed by atoms with van der Waals surface area (Å²) in [5, 5.41) is 4.16. The van der Waals surface area contributed by atoms with Crippen LogP contribution in [0.15, 0.2) is 30.6 Å². The quantitative estimate of drug-likeness (QED) is 0.0974. The molecule has 0 aliphatic rings. The van der Waals surface area contributed by atoms with Crippen molar-refractivity contribution in [2.45, 2.75) is 58.7 Å². The molecular formula is C27H33F5N5O5Si. The maximum Gasteiger partial charge on any atom is 0.456 e. The number of pyridine rings is 2. The Balaban J connectivity index is 1.78. The van der Waals surface area contributed by atoms with Gasteiger partial charge in [0.2, 0.25) is 11.7 Å². The second-order valence-electron chi connectivity index (χ2n) is 10.6. The zero-order chi connectivity index (χ0) is 32.0. The van der Waals surface area contributed by atoms with Gasteiger partial charge < -0.3 is 18.9 Å². The molecule has 0 saturated carbocycles. The molecule has 43 heavy (non-hydrogen) atoms. The summed E-state index contributed by atoms with van der Waals surface area (Å²) in [6.07, 6.45) is -2.68. The first kappa shape index (κ1) is 33.8. The number of rotatable bonds is 14. The number of carbonyl (C=O) groups is 1. The topological polar surface area (TPSA) is 110 Å². The molecule has 3 heterocycles. The molecule has 0 aromatic carbocycles.